The van der Waals surface area contributed by atoms with Crippen molar-refractivity contribution in [1.29, 1.82) is 0 Å². The Hall–Kier alpha value is -1.01. The Morgan fingerprint density at radius 1 is 1.47 bits per heavy atom. The summed E-state index contributed by atoms with van der Waals surface area (Å²) in [5, 5.41) is 3.09. The molecule has 1 atom stereocenters. The van der Waals surface area contributed by atoms with E-state index in [2.05, 4.69) is 5.32 Å². The summed E-state index contributed by atoms with van der Waals surface area (Å²) in [5.41, 5.74) is 5.99. The first kappa shape index (κ1) is 18.0. The highest BCUT2D eigenvalue weighted by atomic mass is 35.5. The molecule has 0 aliphatic carbocycles. The summed E-state index contributed by atoms with van der Waals surface area (Å²) >= 11 is 6.02. The van der Waals surface area contributed by atoms with Crippen molar-refractivity contribution >= 4 is 35.6 Å². The van der Waals surface area contributed by atoms with Gasteiger partial charge < -0.3 is 20.5 Å². The summed E-state index contributed by atoms with van der Waals surface area (Å²) < 4.78 is 10.4. The van der Waals surface area contributed by atoms with Crippen LogP contribution < -0.4 is 15.8 Å². The number of nitrogens with two attached hydrogens (primary N) is 1. The second kappa shape index (κ2) is 8.98. The van der Waals surface area contributed by atoms with Crippen LogP contribution in [-0.4, -0.2) is 32.3 Å². The summed E-state index contributed by atoms with van der Waals surface area (Å²) in [7, 11) is 1.58. The smallest absolute Gasteiger partial charge is 0.241 e. The summed E-state index contributed by atoms with van der Waals surface area (Å²) in [6, 6.07) is 4.51. The summed E-state index contributed by atoms with van der Waals surface area (Å²) in [6.07, 6.45) is 0. The quantitative estimate of drug-likeness (QED) is 0.789. The third-order valence-electron chi connectivity index (χ3n) is 2.17. The molecule has 108 valence electrons. The largest absolute Gasteiger partial charge is 0.487 e. The third-order valence-corrected chi connectivity index (χ3v) is 2.47. The second-order valence-corrected chi connectivity index (χ2v) is 4.14. The Kier molecular flexibility index (Phi) is 8.51. The molecule has 1 rings (SSSR count). The highest BCUT2D eigenvalue weighted by Gasteiger charge is 2.13. The van der Waals surface area contributed by atoms with Crippen LogP contribution in [0.1, 0.15) is 6.92 Å². The molecule has 0 radical (unpaired) electrons. The molecule has 19 heavy (non-hydrogen) atoms. The highest BCUT2D eigenvalue weighted by molar-refractivity contribution is 6.32. The Labute approximate surface area is 123 Å². The number of amides is 1. The van der Waals surface area contributed by atoms with Crippen LogP contribution in [0.15, 0.2) is 18.2 Å². The van der Waals surface area contributed by atoms with E-state index in [-0.39, 0.29) is 18.3 Å². The normalized spacial score (nSPS) is 11.4. The average molecular weight is 309 g/mol. The van der Waals surface area contributed by atoms with Gasteiger partial charge in [0.05, 0.1) is 23.4 Å². The Morgan fingerprint density at radius 2 is 2.16 bits per heavy atom. The molecule has 0 fully saturated rings. The number of nitrogens with one attached hydrogen (secondary N) is 1. The van der Waals surface area contributed by atoms with Crippen molar-refractivity contribution in [1.82, 2.24) is 0 Å². The van der Waals surface area contributed by atoms with Gasteiger partial charge in [0.2, 0.25) is 5.91 Å². The maximum absolute atomic E-state index is 11.5. The molecule has 0 saturated heterocycles. The van der Waals surface area contributed by atoms with E-state index >= 15 is 0 Å². The van der Waals surface area contributed by atoms with Gasteiger partial charge >= 0.3 is 0 Å². The summed E-state index contributed by atoms with van der Waals surface area (Å²) in [6.45, 7) is 2.39. The zero-order valence-corrected chi connectivity index (χ0v) is 12.4. The Balaban J connectivity index is 0.00000324. The molecule has 1 aromatic rings. The monoisotopic (exact) mass is 308 g/mol. The molecule has 7 heteroatoms. The predicted octanol–water partition coefficient (Wildman–Crippen LogP) is 2.07. The molecule has 0 saturated carbocycles. The van der Waals surface area contributed by atoms with Gasteiger partial charge in [-0.05, 0) is 19.1 Å². The van der Waals surface area contributed by atoms with E-state index in [1.807, 2.05) is 0 Å². The molecular formula is C12H18Cl2N2O3. The van der Waals surface area contributed by atoms with Gasteiger partial charge in [-0.1, -0.05) is 17.7 Å². The number of halogens is 2. The van der Waals surface area contributed by atoms with Crippen molar-refractivity contribution in [2.24, 2.45) is 5.73 Å². The Bertz CT molecular complexity index is 414. The minimum absolute atomic E-state index is 0. The molecule has 0 heterocycles. The molecule has 0 spiro atoms. The maximum Gasteiger partial charge on any atom is 0.241 e. The van der Waals surface area contributed by atoms with Crippen LogP contribution in [0.3, 0.4) is 0 Å². The summed E-state index contributed by atoms with van der Waals surface area (Å²) in [5.74, 6) is 0.124. The van der Waals surface area contributed by atoms with Crippen molar-refractivity contribution in [2.45, 2.75) is 13.0 Å². The van der Waals surface area contributed by atoms with Crippen molar-refractivity contribution in [3.63, 3.8) is 0 Å². The molecule has 3 N–H and O–H groups in total. The zero-order valence-electron chi connectivity index (χ0n) is 10.8. The lowest BCUT2D eigenvalue weighted by Crippen LogP contribution is -2.32. The van der Waals surface area contributed by atoms with Crippen LogP contribution in [-0.2, 0) is 9.53 Å². The van der Waals surface area contributed by atoms with Gasteiger partial charge in [-0.3, -0.25) is 4.79 Å². The number of carbonyl (C=O) groups is 1. The van der Waals surface area contributed by atoms with E-state index in [0.717, 1.165) is 0 Å². The molecule has 0 aliphatic rings. The molecule has 5 nitrogen and oxygen atoms in total. The van der Waals surface area contributed by atoms with E-state index in [4.69, 9.17) is 26.8 Å². The van der Waals surface area contributed by atoms with Crippen LogP contribution in [0.2, 0.25) is 5.02 Å². The van der Waals surface area contributed by atoms with E-state index in [1.165, 1.54) is 0 Å². The fourth-order valence-electron chi connectivity index (χ4n) is 1.23. The average Bonchev–Trinajstić information content (AvgIpc) is 2.32. The third kappa shape index (κ3) is 5.65. The second-order valence-electron chi connectivity index (χ2n) is 3.74. The SMILES string of the molecule is COCCOc1c(Cl)cccc1NC(=O)[C@H](C)N.Cl. The number of hydrogen-bond acceptors (Lipinski definition) is 4. The number of hydrogen-bond donors (Lipinski definition) is 2. The number of benzene rings is 1. The van der Waals surface area contributed by atoms with E-state index < -0.39 is 6.04 Å². The molecule has 0 aromatic heterocycles. The number of methoxy groups -OCH3 is 1. The van der Waals surface area contributed by atoms with Crippen molar-refractivity contribution in [3.05, 3.63) is 23.2 Å². The molecule has 0 aliphatic heterocycles. The van der Waals surface area contributed by atoms with Crippen LogP contribution in [0.5, 0.6) is 5.75 Å². The topological polar surface area (TPSA) is 73.6 Å². The lowest BCUT2D eigenvalue weighted by molar-refractivity contribution is -0.117. The first-order valence-electron chi connectivity index (χ1n) is 5.53. The van der Waals surface area contributed by atoms with Gasteiger partial charge in [-0.25, -0.2) is 0 Å². The zero-order chi connectivity index (χ0) is 13.5. The van der Waals surface area contributed by atoms with Gasteiger partial charge in [0.1, 0.15) is 6.61 Å². The number of anilines is 1. The van der Waals surface area contributed by atoms with Crippen LogP contribution in [0.25, 0.3) is 0 Å². The number of rotatable bonds is 6. The molecule has 1 amide bonds. The lowest BCUT2D eigenvalue weighted by atomic mass is 10.2. The van der Waals surface area contributed by atoms with Gasteiger partial charge in [0, 0.05) is 7.11 Å². The number of carbonyl (C=O) groups excluding carboxylic acids is 1. The molecular weight excluding hydrogens is 291 g/mol. The van der Waals surface area contributed by atoms with E-state index in [1.54, 1.807) is 32.2 Å². The van der Waals surface area contributed by atoms with Gasteiger partial charge in [-0.15, -0.1) is 12.4 Å². The van der Waals surface area contributed by atoms with Gasteiger partial charge in [-0.2, -0.15) is 0 Å². The molecule has 0 unspecified atom stereocenters. The van der Waals surface area contributed by atoms with Crippen LogP contribution >= 0.6 is 24.0 Å². The first-order valence-corrected chi connectivity index (χ1v) is 5.90. The fourth-order valence-corrected chi connectivity index (χ4v) is 1.46. The lowest BCUT2D eigenvalue weighted by Gasteiger charge is -2.14. The van der Waals surface area contributed by atoms with E-state index in [0.29, 0.717) is 29.7 Å². The molecule has 1 aromatic carbocycles. The van der Waals surface area contributed by atoms with Crippen molar-refractivity contribution in [2.75, 3.05) is 25.6 Å². The van der Waals surface area contributed by atoms with Crippen LogP contribution in [0.4, 0.5) is 5.69 Å². The fraction of sp³-hybridized carbons (Fsp3) is 0.417. The summed E-state index contributed by atoms with van der Waals surface area (Å²) in [4.78, 5) is 11.5. The van der Waals surface area contributed by atoms with Gasteiger partial charge in [0.15, 0.2) is 5.75 Å². The number of ether oxygens (including phenoxy) is 2. The minimum Gasteiger partial charge on any atom is -0.487 e. The van der Waals surface area contributed by atoms with Gasteiger partial charge in [0.25, 0.3) is 0 Å². The number of para-hydroxylation sites is 1. The molecule has 0 bridgehead atoms. The van der Waals surface area contributed by atoms with Crippen molar-refractivity contribution in [3.8, 4) is 5.75 Å². The van der Waals surface area contributed by atoms with E-state index in [9.17, 15) is 4.79 Å². The highest BCUT2D eigenvalue weighted by Crippen LogP contribution is 2.32. The standard InChI is InChI=1S/C12H17ClN2O3.ClH/c1-8(14)12(16)15-10-5-3-4-9(13)11(10)18-7-6-17-2;/h3-5,8H,6-7,14H2,1-2H3,(H,15,16);1H/t8-;/m0./s1. The maximum atomic E-state index is 11.5. The Morgan fingerprint density at radius 3 is 2.74 bits per heavy atom. The minimum atomic E-state index is -0.601. The predicted molar refractivity (Wildman–Crippen MR) is 78.4 cm³/mol. The first-order chi connectivity index (χ1) is 8.56. The van der Waals surface area contributed by atoms with Crippen molar-refractivity contribution < 1.29 is 14.3 Å². The van der Waals surface area contributed by atoms with Crippen LogP contribution in [0, 0.1) is 0 Å².